The predicted octanol–water partition coefficient (Wildman–Crippen LogP) is 2.82. The Hall–Kier alpha value is -2.96. The molecule has 0 spiro atoms. The third-order valence-electron chi connectivity index (χ3n) is 4.89. The molecule has 0 saturated carbocycles. The normalized spacial score (nSPS) is 16.2. The molecule has 4 aromatic rings. The van der Waals surface area contributed by atoms with Crippen LogP contribution in [0.25, 0.3) is 22.2 Å². The lowest BCUT2D eigenvalue weighted by Crippen LogP contribution is -2.29. The van der Waals surface area contributed by atoms with Crippen molar-refractivity contribution in [1.29, 1.82) is 0 Å². The maximum absolute atomic E-state index is 10.8. The van der Waals surface area contributed by atoms with E-state index in [4.69, 9.17) is 4.52 Å². The Morgan fingerprint density at radius 1 is 1.12 bits per heavy atom. The molecular formula is C19H15N3O3. The summed E-state index contributed by atoms with van der Waals surface area (Å²) < 4.78 is 7.07. The van der Waals surface area contributed by atoms with Gasteiger partial charge in [-0.05, 0) is 23.8 Å². The Morgan fingerprint density at radius 2 is 2.00 bits per heavy atom. The van der Waals surface area contributed by atoms with Crippen LogP contribution in [-0.4, -0.2) is 24.9 Å². The highest BCUT2D eigenvalue weighted by Crippen LogP contribution is 2.44. The lowest BCUT2D eigenvalue weighted by Gasteiger charge is -2.27. The van der Waals surface area contributed by atoms with Crippen LogP contribution >= 0.6 is 0 Å². The van der Waals surface area contributed by atoms with E-state index in [1.54, 1.807) is 36.9 Å². The van der Waals surface area contributed by atoms with Gasteiger partial charge in [0.2, 0.25) is 0 Å². The molecule has 3 heterocycles. The molecule has 0 aliphatic carbocycles. The van der Waals surface area contributed by atoms with Crippen molar-refractivity contribution in [3.8, 4) is 11.3 Å². The van der Waals surface area contributed by atoms with Crippen molar-refractivity contribution in [3.63, 3.8) is 0 Å². The lowest BCUT2D eigenvalue weighted by molar-refractivity contribution is -0.179. The number of hydrogen-bond donors (Lipinski definition) is 2. The van der Waals surface area contributed by atoms with Crippen LogP contribution in [-0.2, 0) is 5.79 Å². The molecule has 0 amide bonds. The van der Waals surface area contributed by atoms with Crippen molar-refractivity contribution in [1.82, 2.24) is 14.7 Å². The smallest absolute Gasteiger partial charge is 0.192 e. The third-order valence-corrected chi connectivity index (χ3v) is 4.89. The van der Waals surface area contributed by atoms with E-state index in [9.17, 15) is 10.2 Å². The van der Waals surface area contributed by atoms with Crippen LogP contribution in [0, 0.1) is 0 Å². The molecule has 25 heavy (non-hydrogen) atoms. The Balaban J connectivity index is 1.56. The van der Waals surface area contributed by atoms with E-state index < -0.39 is 5.79 Å². The average Bonchev–Trinajstić information content (AvgIpc) is 3.32. The van der Waals surface area contributed by atoms with Crippen LogP contribution in [0.4, 0.5) is 0 Å². The Labute approximate surface area is 143 Å². The standard InChI is InChI=1S/C19H15N3O3/c23-19(24,13-5-6-18-12(7-13)9-21-25-18)8-16-14-3-1-2-4-15(14)17-10-20-11-22(16)17/h1-7,9-11,16,23-24H,8H2. The number of benzene rings is 2. The van der Waals surface area contributed by atoms with Gasteiger partial charge in [0, 0.05) is 22.9 Å². The van der Waals surface area contributed by atoms with E-state index in [0.717, 1.165) is 22.2 Å². The zero-order chi connectivity index (χ0) is 17.0. The monoisotopic (exact) mass is 333 g/mol. The van der Waals surface area contributed by atoms with Crippen molar-refractivity contribution in [2.24, 2.45) is 0 Å². The summed E-state index contributed by atoms with van der Waals surface area (Å²) >= 11 is 0. The summed E-state index contributed by atoms with van der Waals surface area (Å²) in [6.45, 7) is 0. The van der Waals surface area contributed by atoms with E-state index in [2.05, 4.69) is 10.1 Å². The topological polar surface area (TPSA) is 84.3 Å². The van der Waals surface area contributed by atoms with Gasteiger partial charge in [0.1, 0.15) is 0 Å². The van der Waals surface area contributed by atoms with Crippen LogP contribution in [0.5, 0.6) is 0 Å². The summed E-state index contributed by atoms with van der Waals surface area (Å²) in [6.07, 6.45) is 5.22. The first-order valence-corrected chi connectivity index (χ1v) is 8.04. The molecule has 2 N–H and O–H groups in total. The number of imidazole rings is 1. The van der Waals surface area contributed by atoms with E-state index in [1.165, 1.54) is 0 Å². The fraction of sp³-hybridized carbons (Fsp3) is 0.158. The molecule has 1 aliphatic rings. The highest BCUT2D eigenvalue weighted by Gasteiger charge is 2.36. The van der Waals surface area contributed by atoms with E-state index in [-0.39, 0.29) is 12.5 Å². The zero-order valence-electron chi connectivity index (χ0n) is 13.2. The predicted molar refractivity (Wildman–Crippen MR) is 90.5 cm³/mol. The lowest BCUT2D eigenvalue weighted by atomic mass is 9.93. The van der Waals surface area contributed by atoms with Crippen molar-refractivity contribution >= 4 is 11.0 Å². The number of aromatic nitrogens is 3. The number of fused-ring (bicyclic) bond motifs is 4. The molecule has 1 aliphatic heterocycles. The van der Waals surface area contributed by atoms with Gasteiger partial charge in [0.25, 0.3) is 0 Å². The summed E-state index contributed by atoms with van der Waals surface area (Å²) in [6, 6.07) is 12.8. The summed E-state index contributed by atoms with van der Waals surface area (Å²) in [5.41, 5.74) is 4.16. The van der Waals surface area contributed by atoms with Gasteiger partial charge in [-0.15, -0.1) is 0 Å². The fourth-order valence-electron chi connectivity index (χ4n) is 3.65. The van der Waals surface area contributed by atoms with E-state index in [0.29, 0.717) is 11.1 Å². The van der Waals surface area contributed by atoms with Gasteiger partial charge in [-0.3, -0.25) is 0 Å². The molecule has 6 nitrogen and oxygen atoms in total. The first kappa shape index (κ1) is 14.4. The maximum Gasteiger partial charge on any atom is 0.192 e. The highest BCUT2D eigenvalue weighted by atomic mass is 16.5. The molecule has 0 saturated heterocycles. The third kappa shape index (κ3) is 2.12. The molecule has 1 unspecified atom stereocenters. The summed E-state index contributed by atoms with van der Waals surface area (Å²) in [5, 5.41) is 26.1. The molecule has 2 aromatic heterocycles. The first-order chi connectivity index (χ1) is 12.1. The maximum atomic E-state index is 10.8. The molecule has 0 fully saturated rings. The van der Waals surface area contributed by atoms with Crippen LogP contribution in [0.15, 0.2) is 65.7 Å². The zero-order valence-corrected chi connectivity index (χ0v) is 13.2. The van der Waals surface area contributed by atoms with Gasteiger partial charge >= 0.3 is 0 Å². The minimum absolute atomic E-state index is 0.115. The van der Waals surface area contributed by atoms with Crippen molar-refractivity contribution in [2.75, 3.05) is 0 Å². The molecule has 124 valence electrons. The van der Waals surface area contributed by atoms with Crippen molar-refractivity contribution in [3.05, 3.63) is 72.3 Å². The van der Waals surface area contributed by atoms with Gasteiger partial charge in [0.15, 0.2) is 11.4 Å². The van der Waals surface area contributed by atoms with Crippen molar-refractivity contribution < 1.29 is 14.7 Å². The SMILES string of the molecule is OC(O)(CC1c2ccccc2-c2cncn21)c1ccc2oncc2c1. The molecule has 6 heteroatoms. The number of hydrogen-bond acceptors (Lipinski definition) is 5. The summed E-state index contributed by atoms with van der Waals surface area (Å²) in [7, 11) is 0. The quantitative estimate of drug-likeness (QED) is 0.563. The Bertz CT molecular complexity index is 1080. The van der Waals surface area contributed by atoms with Crippen LogP contribution in [0.2, 0.25) is 0 Å². The van der Waals surface area contributed by atoms with Gasteiger partial charge < -0.3 is 19.3 Å². The molecule has 5 rings (SSSR count). The van der Waals surface area contributed by atoms with E-state index >= 15 is 0 Å². The summed E-state index contributed by atoms with van der Waals surface area (Å²) in [5.74, 6) is -1.99. The van der Waals surface area contributed by atoms with Crippen LogP contribution < -0.4 is 0 Å². The van der Waals surface area contributed by atoms with Crippen molar-refractivity contribution in [2.45, 2.75) is 18.2 Å². The minimum Gasteiger partial charge on any atom is -0.362 e. The van der Waals surface area contributed by atoms with Gasteiger partial charge in [0.05, 0.1) is 30.5 Å². The molecule has 0 bridgehead atoms. The van der Waals surface area contributed by atoms with Gasteiger partial charge in [-0.25, -0.2) is 4.98 Å². The van der Waals surface area contributed by atoms with Crippen LogP contribution in [0.3, 0.4) is 0 Å². The Kier molecular flexibility index (Phi) is 2.89. The molecule has 0 radical (unpaired) electrons. The second-order valence-electron chi connectivity index (χ2n) is 6.39. The second-order valence-corrected chi connectivity index (χ2v) is 6.39. The minimum atomic E-state index is -1.99. The highest BCUT2D eigenvalue weighted by molar-refractivity contribution is 5.76. The molecular weight excluding hydrogens is 318 g/mol. The van der Waals surface area contributed by atoms with E-state index in [1.807, 2.05) is 28.8 Å². The van der Waals surface area contributed by atoms with Gasteiger partial charge in [-0.1, -0.05) is 29.4 Å². The Morgan fingerprint density at radius 3 is 2.92 bits per heavy atom. The molecule has 2 aromatic carbocycles. The number of nitrogens with zero attached hydrogens (tertiary/aromatic N) is 3. The number of aliphatic hydroxyl groups is 2. The first-order valence-electron chi connectivity index (χ1n) is 8.04. The van der Waals surface area contributed by atoms with Crippen LogP contribution in [0.1, 0.15) is 23.6 Å². The fourth-order valence-corrected chi connectivity index (χ4v) is 3.65. The largest absolute Gasteiger partial charge is 0.362 e. The number of rotatable bonds is 3. The summed E-state index contributed by atoms with van der Waals surface area (Å²) in [4.78, 5) is 4.21. The van der Waals surface area contributed by atoms with Gasteiger partial charge in [-0.2, -0.15) is 0 Å². The second kappa shape index (κ2) is 5.02. The average molecular weight is 333 g/mol. The molecule has 1 atom stereocenters.